The molecule has 88 valence electrons. The van der Waals surface area contributed by atoms with Crippen molar-refractivity contribution in [1.29, 1.82) is 0 Å². The number of rotatable bonds is 2. The minimum atomic E-state index is -0.165. The Kier molecular flexibility index (Phi) is 3.77. The molecule has 4 nitrogen and oxygen atoms in total. The van der Waals surface area contributed by atoms with E-state index in [4.69, 9.17) is 4.74 Å². The average molecular weight is 222 g/mol. The number of ether oxygens (including phenoxy) is 1. The fourth-order valence-corrected chi connectivity index (χ4v) is 1.48. The van der Waals surface area contributed by atoms with E-state index in [0.29, 0.717) is 5.75 Å². The summed E-state index contributed by atoms with van der Waals surface area (Å²) < 4.78 is 5.28. The molecule has 0 unspecified atom stereocenters. The van der Waals surface area contributed by atoms with Crippen molar-refractivity contribution in [2.45, 2.75) is 13.8 Å². The number of hydrogen-bond acceptors (Lipinski definition) is 2. The number of carbonyl (C=O) groups is 1. The van der Waals surface area contributed by atoms with Gasteiger partial charge in [0.05, 0.1) is 12.8 Å². The van der Waals surface area contributed by atoms with Crippen LogP contribution in [-0.4, -0.2) is 27.2 Å². The summed E-state index contributed by atoms with van der Waals surface area (Å²) in [6.45, 7) is 4.03. The quantitative estimate of drug-likeness (QED) is 0.832. The van der Waals surface area contributed by atoms with Gasteiger partial charge in [0.15, 0.2) is 0 Å². The second kappa shape index (κ2) is 4.88. The lowest BCUT2D eigenvalue weighted by Crippen LogP contribution is -2.35. The van der Waals surface area contributed by atoms with Crippen molar-refractivity contribution in [3.63, 3.8) is 0 Å². The highest BCUT2D eigenvalue weighted by atomic mass is 16.5. The fourth-order valence-electron chi connectivity index (χ4n) is 1.48. The van der Waals surface area contributed by atoms with Crippen LogP contribution in [0.25, 0.3) is 0 Å². The summed E-state index contributed by atoms with van der Waals surface area (Å²) >= 11 is 0. The predicted octanol–water partition coefficient (Wildman–Crippen LogP) is 2.09. The zero-order chi connectivity index (χ0) is 12.3. The van der Waals surface area contributed by atoms with E-state index >= 15 is 0 Å². The monoisotopic (exact) mass is 222 g/mol. The molecule has 0 bridgehead atoms. The summed E-state index contributed by atoms with van der Waals surface area (Å²) in [6, 6.07) is 3.72. The molecule has 0 heterocycles. The summed E-state index contributed by atoms with van der Waals surface area (Å²) in [5.74, 6) is 0.703. The van der Waals surface area contributed by atoms with Crippen molar-refractivity contribution in [1.82, 2.24) is 5.32 Å². The number of carbonyl (C=O) groups excluding carboxylic acids is 1. The fraction of sp³-hybridized carbons (Fsp3) is 0.417. The van der Waals surface area contributed by atoms with Crippen LogP contribution >= 0.6 is 0 Å². The second-order valence-corrected chi connectivity index (χ2v) is 3.72. The molecule has 0 fully saturated rings. The summed E-state index contributed by atoms with van der Waals surface area (Å²) in [5, 5.41) is 2.58. The first kappa shape index (κ1) is 12.4. The highest BCUT2D eigenvalue weighted by molar-refractivity contribution is 5.93. The molecule has 0 atom stereocenters. The Labute approximate surface area is 96.2 Å². The lowest BCUT2D eigenvalue weighted by atomic mass is 10.1. The van der Waals surface area contributed by atoms with Crippen LogP contribution in [0, 0.1) is 13.8 Å². The molecule has 0 aliphatic heterocycles. The van der Waals surface area contributed by atoms with Crippen LogP contribution in [0.2, 0.25) is 0 Å². The van der Waals surface area contributed by atoms with Gasteiger partial charge >= 0.3 is 6.03 Å². The number of nitrogens with one attached hydrogen (secondary N) is 1. The van der Waals surface area contributed by atoms with Crippen molar-refractivity contribution < 1.29 is 9.53 Å². The van der Waals surface area contributed by atoms with E-state index in [-0.39, 0.29) is 6.03 Å². The zero-order valence-corrected chi connectivity index (χ0v) is 10.4. The third kappa shape index (κ3) is 2.27. The van der Waals surface area contributed by atoms with Gasteiger partial charge in [0.1, 0.15) is 5.75 Å². The standard InChI is InChI=1S/C12H18N2O2/c1-8-6-10(14(4)12(15)13-3)11(16-5)7-9(8)2/h6-7H,1-5H3,(H,13,15). The molecule has 1 aromatic rings. The molecule has 0 saturated heterocycles. The Morgan fingerprint density at radius 2 is 1.88 bits per heavy atom. The van der Waals surface area contributed by atoms with Crippen molar-refractivity contribution in [3.05, 3.63) is 23.3 Å². The molecular formula is C12H18N2O2. The molecule has 0 spiro atoms. The van der Waals surface area contributed by atoms with Crippen molar-refractivity contribution >= 4 is 11.7 Å². The lowest BCUT2D eigenvalue weighted by Gasteiger charge is -2.20. The third-order valence-electron chi connectivity index (χ3n) is 2.68. The van der Waals surface area contributed by atoms with Gasteiger partial charge in [-0.3, -0.25) is 4.90 Å². The largest absolute Gasteiger partial charge is 0.495 e. The van der Waals surface area contributed by atoms with Crippen LogP contribution in [0.3, 0.4) is 0 Å². The van der Waals surface area contributed by atoms with Gasteiger partial charge in [-0.1, -0.05) is 0 Å². The normalized spacial score (nSPS) is 9.81. The van der Waals surface area contributed by atoms with Gasteiger partial charge in [0, 0.05) is 14.1 Å². The van der Waals surface area contributed by atoms with Crippen molar-refractivity contribution in [2.24, 2.45) is 0 Å². The molecular weight excluding hydrogens is 204 g/mol. The highest BCUT2D eigenvalue weighted by Gasteiger charge is 2.14. The zero-order valence-electron chi connectivity index (χ0n) is 10.4. The average Bonchev–Trinajstić information content (AvgIpc) is 2.30. The first-order chi connectivity index (χ1) is 7.51. The first-order valence-electron chi connectivity index (χ1n) is 5.12. The van der Waals surface area contributed by atoms with E-state index in [1.807, 2.05) is 26.0 Å². The van der Waals surface area contributed by atoms with Gasteiger partial charge in [0.2, 0.25) is 0 Å². The Morgan fingerprint density at radius 1 is 1.31 bits per heavy atom. The van der Waals surface area contributed by atoms with E-state index in [2.05, 4.69) is 5.32 Å². The molecule has 2 amide bonds. The molecule has 4 heteroatoms. The summed E-state index contributed by atoms with van der Waals surface area (Å²) in [4.78, 5) is 13.1. The number of amides is 2. The molecule has 0 saturated carbocycles. The van der Waals surface area contributed by atoms with E-state index in [0.717, 1.165) is 16.8 Å². The summed E-state index contributed by atoms with van der Waals surface area (Å²) in [7, 11) is 4.92. The van der Waals surface area contributed by atoms with Crippen LogP contribution in [-0.2, 0) is 0 Å². The van der Waals surface area contributed by atoms with Gasteiger partial charge in [-0.15, -0.1) is 0 Å². The molecule has 0 radical (unpaired) electrons. The van der Waals surface area contributed by atoms with Crippen molar-refractivity contribution in [3.8, 4) is 5.75 Å². The van der Waals surface area contributed by atoms with Crippen molar-refractivity contribution in [2.75, 3.05) is 26.1 Å². The number of urea groups is 1. The van der Waals surface area contributed by atoms with Crippen LogP contribution in [0.4, 0.5) is 10.5 Å². The predicted molar refractivity (Wildman–Crippen MR) is 65.3 cm³/mol. The maximum Gasteiger partial charge on any atom is 0.321 e. The second-order valence-electron chi connectivity index (χ2n) is 3.72. The summed E-state index contributed by atoms with van der Waals surface area (Å²) in [6.07, 6.45) is 0. The molecule has 1 N–H and O–H groups in total. The van der Waals surface area contributed by atoms with E-state index in [9.17, 15) is 4.79 Å². The molecule has 0 aliphatic carbocycles. The molecule has 0 aliphatic rings. The van der Waals surface area contributed by atoms with E-state index < -0.39 is 0 Å². The van der Waals surface area contributed by atoms with Gasteiger partial charge in [0.25, 0.3) is 0 Å². The van der Waals surface area contributed by atoms with Gasteiger partial charge in [-0.05, 0) is 37.1 Å². The van der Waals surface area contributed by atoms with Gasteiger partial charge < -0.3 is 10.1 Å². The highest BCUT2D eigenvalue weighted by Crippen LogP contribution is 2.30. The lowest BCUT2D eigenvalue weighted by molar-refractivity contribution is 0.249. The molecule has 1 aromatic carbocycles. The minimum absolute atomic E-state index is 0.165. The number of hydrogen-bond donors (Lipinski definition) is 1. The van der Waals surface area contributed by atoms with Crippen LogP contribution in [0.5, 0.6) is 5.75 Å². The number of nitrogens with zero attached hydrogens (tertiary/aromatic N) is 1. The molecule has 0 aromatic heterocycles. The van der Waals surface area contributed by atoms with Crippen LogP contribution < -0.4 is 15.0 Å². The Hall–Kier alpha value is -1.71. The first-order valence-corrected chi connectivity index (χ1v) is 5.12. The Balaban J connectivity index is 3.21. The van der Waals surface area contributed by atoms with E-state index in [1.165, 1.54) is 4.90 Å². The number of benzene rings is 1. The maximum atomic E-state index is 11.5. The third-order valence-corrected chi connectivity index (χ3v) is 2.68. The topological polar surface area (TPSA) is 41.6 Å². The SMILES string of the molecule is CNC(=O)N(C)c1cc(C)c(C)cc1OC. The van der Waals surface area contributed by atoms with Gasteiger partial charge in [-0.2, -0.15) is 0 Å². The van der Waals surface area contributed by atoms with E-state index in [1.54, 1.807) is 21.2 Å². The van der Waals surface area contributed by atoms with Crippen LogP contribution in [0.15, 0.2) is 12.1 Å². The number of methoxy groups -OCH3 is 1. The Bertz CT molecular complexity index is 402. The number of aryl methyl sites for hydroxylation is 2. The molecule has 16 heavy (non-hydrogen) atoms. The minimum Gasteiger partial charge on any atom is -0.495 e. The van der Waals surface area contributed by atoms with Gasteiger partial charge in [-0.25, -0.2) is 4.79 Å². The Morgan fingerprint density at radius 3 is 2.38 bits per heavy atom. The smallest absolute Gasteiger partial charge is 0.321 e. The molecule has 1 rings (SSSR count). The number of anilines is 1. The maximum absolute atomic E-state index is 11.5. The summed E-state index contributed by atoms with van der Waals surface area (Å²) in [5.41, 5.74) is 3.04. The van der Waals surface area contributed by atoms with Crippen LogP contribution in [0.1, 0.15) is 11.1 Å².